The molecule has 0 saturated heterocycles. The van der Waals surface area contributed by atoms with Crippen LogP contribution in [-0.4, -0.2) is 43.5 Å². The first-order chi connectivity index (χ1) is 9.40. The summed E-state index contributed by atoms with van der Waals surface area (Å²) >= 11 is 1.41. The molecule has 1 aromatic heterocycles. The highest BCUT2D eigenvalue weighted by molar-refractivity contribution is 7.98. The van der Waals surface area contributed by atoms with Gasteiger partial charge in [-0.05, 0) is 5.92 Å². The fraction of sp³-hybridized carbons (Fsp3) is 0.667. The molecule has 1 heterocycles. The number of nitrogens with one attached hydrogen (secondary N) is 1. The van der Waals surface area contributed by atoms with Crippen molar-refractivity contribution in [2.75, 3.05) is 5.75 Å². The Morgan fingerprint density at radius 1 is 1.50 bits per heavy atom. The molecule has 0 bridgehead atoms. The number of aromatic nitrogens is 3. The molecule has 1 rings (SSSR count). The molecule has 1 atom stereocenters. The second-order valence-electron chi connectivity index (χ2n) is 4.86. The molecule has 1 amide bonds. The highest BCUT2D eigenvalue weighted by Crippen LogP contribution is 2.12. The van der Waals surface area contributed by atoms with Crippen molar-refractivity contribution in [3.8, 4) is 0 Å². The van der Waals surface area contributed by atoms with Gasteiger partial charge in [0.15, 0.2) is 0 Å². The summed E-state index contributed by atoms with van der Waals surface area (Å²) in [6.07, 6.45) is 1.50. The van der Waals surface area contributed by atoms with Gasteiger partial charge in [0.05, 0.1) is 5.75 Å². The molecule has 0 aliphatic rings. The molecule has 0 saturated carbocycles. The van der Waals surface area contributed by atoms with E-state index in [2.05, 4.69) is 29.2 Å². The summed E-state index contributed by atoms with van der Waals surface area (Å²) in [5.41, 5.74) is 0. The maximum atomic E-state index is 11.0. The van der Waals surface area contributed by atoms with E-state index in [0.717, 1.165) is 12.4 Å². The first kappa shape index (κ1) is 16.5. The minimum Gasteiger partial charge on any atom is -0.480 e. The highest BCUT2D eigenvalue weighted by Gasteiger charge is 2.18. The van der Waals surface area contributed by atoms with Gasteiger partial charge in [-0.25, -0.2) is 14.5 Å². The number of amides is 1. The Bertz CT molecular complexity index is 461. The number of nitrogens with zero attached hydrogens (tertiary/aromatic N) is 3. The van der Waals surface area contributed by atoms with E-state index in [1.807, 2.05) is 4.68 Å². The lowest BCUT2D eigenvalue weighted by Crippen LogP contribution is -2.41. The molecule has 0 aliphatic carbocycles. The molecule has 0 radical (unpaired) electrons. The molecule has 0 spiro atoms. The molecular formula is C12H20N4O3S. The summed E-state index contributed by atoms with van der Waals surface area (Å²) in [6.45, 7) is 6.27. The molecule has 8 heteroatoms. The maximum Gasteiger partial charge on any atom is 0.327 e. The molecular weight excluding hydrogens is 280 g/mol. The van der Waals surface area contributed by atoms with Crippen molar-refractivity contribution in [2.45, 2.75) is 39.1 Å². The Labute approximate surface area is 122 Å². The van der Waals surface area contributed by atoms with E-state index in [1.165, 1.54) is 25.0 Å². The third-order valence-electron chi connectivity index (χ3n) is 2.43. The number of rotatable bonds is 8. The molecule has 0 fully saturated rings. The normalized spacial score (nSPS) is 12.4. The van der Waals surface area contributed by atoms with Crippen LogP contribution >= 0.6 is 11.8 Å². The maximum absolute atomic E-state index is 11.0. The number of carboxylic acid groups (broad SMARTS) is 1. The van der Waals surface area contributed by atoms with Gasteiger partial charge in [-0.1, -0.05) is 13.8 Å². The van der Waals surface area contributed by atoms with Gasteiger partial charge in [0.1, 0.15) is 18.2 Å². The SMILES string of the molecule is CC(=O)N[C@@H](CSCc1ncnn1CC(C)C)C(=O)O. The van der Waals surface area contributed by atoms with Crippen molar-refractivity contribution in [3.05, 3.63) is 12.2 Å². The third-order valence-corrected chi connectivity index (χ3v) is 3.46. The van der Waals surface area contributed by atoms with Gasteiger partial charge < -0.3 is 10.4 Å². The number of carbonyl (C=O) groups excluding carboxylic acids is 1. The van der Waals surface area contributed by atoms with Crippen molar-refractivity contribution in [2.24, 2.45) is 5.92 Å². The fourth-order valence-electron chi connectivity index (χ4n) is 1.59. The molecule has 0 unspecified atom stereocenters. The van der Waals surface area contributed by atoms with Crippen molar-refractivity contribution >= 4 is 23.6 Å². The zero-order chi connectivity index (χ0) is 15.1. The number of carboxylic acids is 1. The number of hydrogen-bond donors (Lipinski definition) is 2. The molecule has 20 heavy (non-hydrogen) atoms. The van der Waals surface area contributed by atoms with Crippen molar-refractivity contribution in [1.82, 2.24) is 20.1 Å². The van der Waals surface area contributed by atoms with Crippen LogP contribution in [0.4, 0.5) is 0 Å². The van der Waals surface area contributed by atoms with E-state index < -0.39 is 12.0 Å². The zero-order valence-corrected chi connectivity index (χ0v) is 12.7. The second-order valence-corrected chi connectivity index (χ2v) is 5.89. The summed E-state index contributed by atoms with van der Waals surface area (Å²) in [5, 5.41) is 15.5. The van der Waals surface area contributed by atoms with E-state index in [-0.39, 0.29) is 5.91 Å². The predicted octanol–water partition coefficient (Wildman–Crippen LogP) is 0.757. The van der Waals surface area contributed by atoms with Gasteiger partial charge in [0.25, 0.3) is 0 Å². The van der Waals surface area contributed by atoms with Crippen molar-refractivity contribution in [3.63, 3.8) is 0 Å². The van der Waals surface area contributed by atoms with E-state index in [0.29, 0.717) is 17.4 Å². The smallest absolute Gasteiger partial charge is 0.327 e. The summed E-state index contributed by atoms with van der Waals surface area (Å²) in [5.74, 6) is 0.763. The van der Waals surface area contributed by atoms with Gasteiger partial charge in [-0.3, -0.25) is 4.79 Å². The lowest BCUT2D eigenvalue weighted by atomic mass is 10.2. The average Bonchev–Trinajstić information content (AvgIpc) is 2.74. The molecule has 0 aromatic carbocycles. The van der Waals surface area contributed by atoms with Crippen LogP contribution in [0.5, 0.6) is 0 Å². The van der Waals surface area contributed by atoms with Crippen LogP contribution in [0.2, 0.25) is 0 Å². The Morgan fingerprint density at radius 2 is 2.20 bits per heavy atom. The lowest BCUT2D eigenvalue weighted by Gasteiger charge is -2.13. The van der Waals surface area contributed by atoms with Gasteiger partial charge in [-0.15, -0.1) is 0 Å². The van der Waals surface area contributed by atoms with Crippen LogP contribution in [0.15, 0.2) is 6.33 Å². The van der Waals surface area contributed by atoms with Crippen LogP contribution < -0.4 is 5.32 Å². The Kier molecular flexibility index (Phi) is 6.50. The second kappa shape index (κ2) is 7.88. The van der Waals surface area contributed by atoms with E-state index in [1.54, 1.807) is 0 Å². The van der Waals surface area contributed by atoms with Crippen LogP contribution in [0.1, 0.15) is 26.6 Å². The average molecular weight is 300 g/mol. The fourth-order valence-corrected chi connectivity index (χ4v) is 2.57. The molecule has 1 aromatic rings. The number of aliphatic carboxylic acids is 1. The Hall–Kier alpha value is -1.57. The molecule has 2 N–H and O–H groups in total. The van der Waals surface area contributed by atoms with Gasteiger partial charge in [0, 0.05) is 19.2 Å². The van der Waals surface area contributed by atoms with E-state index >= 15 is 0 Å². The summed E-state index contributed by atoms with van der Waals surface area (Å²) < 4.78 is 1.83. The van der Waals surface area contributed by atoms with Crippen molar-refractivity contribution < 1.29 is 14.7 Å². The third kappa shape index (κ3) is 5.60. The number of thioether (sulfide) groups is 1. The Morgan fingerprint density at radius 3 is 2.75 bits per heavy atom. The Balaban J connectivity index is 2.48. The molecule has 7 nitrogen and oxygen atoms in total. The molecule has 0 aliphatic heterocycles. The van der Waals surface area contributed by atoms with Crippen LogP contribution in [0.3, 0.4) is 0 Å². The van der Waals surface area contributed by atoms with Gasteiger partial charge >= 0.3 is 5.97 Å². The summed E-state index contributed by atoms with van der Waals surface area (Å²) in [7, 11) is 0. The van der Waals surface area contributed by atoms with Gasteiger partial charge in [-0.2, -0.15) is 16.9 Å². The number of carbonyl (C=O) groups is 2. The highest BCUT2D eigenvalue weighted by atomic mass is 32.2. The monoisotopic (exact) mass is 300 g/mol. The number of hydrogen-bond acceptors (Lipinski definition) is 5. The zero-order valence-electron chi connectivity index (χ0n) is 11.9. The van der Waals surface area contributed by atoms with E-state index in [9.17, 15) is 9.59 Å². The quantitative estimate of drug-likeness (QED) is 0.735. The van der Waals surface area contributed by atoms with Gasteiger partial charge in [0.2, 0.25) is 5.91 Å². The van der Waals surface area contributed by atoms with Crippen LogP contribution in [0.25, 0.3) is 0 Å². The van der Waals surface area contributed by atoms with E-state index in [4.69, 9.17) is 5.11 Å². The largest absolute Gasteiger partial charge is 0.480 e. The first-order valence-corrected chi connectivity index (χ1v) is 7.50. The topological polar surface area (TPSA) is 97.1 Å². The standard InChI is InChI=1S/C12H20N4O3S/c1-8(2)4-16-11(13-7-14-16)6-20-5-10(12(18)19)15-9(3)17/h7-8,10H,4-6H2,1-3H3,(H,15,17)(H,18,19)/t10-/m0/s1. The predicted molar refractivity (Wildman–Crippen MR) is 76.3 cm³/mol. The summed E-state index contributed by atoms with van der Waals surface area (Å²) in [4.78, 5) is 26.1. The first-order valence-electron chi connectivity index (χ1n) is 6.34. The minimum absolute atomic E-state index is 0.295. The van der Waals surface area contributed by atoms with Crippen LogP contribution in [-0.2, 0) is 21.9 Å². The molecule has 112 valence electrons. The minimum atomic E-state index is -1.03. The van der Waals surface area contributed by atoms with Crippen LogP contribution in [0, 0.1) is 5.92 Å². The summed E-state index contributed by atoms with van der Waals surface area (Å²) in [6, 6.07) is -0.876. The van der Waals surface area contributed by atoms with Crippen molar-refractivity contribution in [1.29, 1.82) is 0 Å². The lowest BCUT2D eigenvalue weighted by molar-refractivity contribution is -0.140.